The molecule has 2 aromatic rings. The first kappa shape index (κ1) is 13.6. The Labute approximate surface area is 114 Å². The van der Waals surface area contributed by atoms with Gasteiger partial charge in [0.25, 0.3) is 0 Å². The third kappa shape index (κ3) is 3.15. The molecule has 100 valence electrons. The van der Waals surface area contributed by atoms with E-state index in [4.69, 9.17) is 5.26 Å². The molecule has 3 nitrogen and oxygen atoms in total. The molecule has 0 radical (unpaired) electrons. The summed E-state index contributed by atoms with van der Waals surface area (Å²) in [6.45, 7) is 8.53. The molecule has 1 N–H and O–H groups in total. The molecule has 0 aliphatic carbocycles. The van der Waals surface area contributed by atoms with Gasteiger partial charge in [-0.2, -0.15) is 5.26 Å². The van der Waals surface area contributed by atoms with Crippen molar-refractivity contribution < 1.29 is 0 Å². The number of nitrogens with zero attached hydrogens (tertiary/aromatic N) is 2. The summed E-state index contributed by atoms with van der Waals surface area (Å²) < 4.78 is 2.23. The molecule has 0 amide bonds. The van der Waals surface area contributed by atoms with E-state index in [9.17, 15) is 0 Å². The molecule has 3 heteroatoms. The second kappa shape index (κ2) is 5.46. The highest BCUT2D eigenvalue weighted by atomic mass is 15.0. The number of hydrogen-bond donors (Lipinski definition) is 1. The van der Waals surface area contributed by atoms with Crippen LogP contribution in [0, 0.1) is 11.3 Å². The van der Waals surface area contributed by atoms with Crippen molar-refractivity contribution in [2.75, 3.05) is 6.54 Å². The molecule has 0 saturated carbocycles. The van der Waals surface area contributed by atoms with Crippen LogP contribution >= 0.6 is 0 Å². The SMILES string of the molecule is CCC(C)(C)NCCn1ccc2cc(C#N)ccc21. The predicted octanol–water partition coefficient (Wildman–Crippen LogP) is 3.29. The van der Waals surface area contributed by atoms with E-state index in [0.717, 1.165) is 30.5 Å². The molecular weight excluding hydrogens is 234 g/mol. The first-order chi connectivity index (χ1) is 9.05. The van der Waals surface area contributed by atoms with Crippen molar-refractivity contribution in [3.05, 3.63) is 36.0 Å². The van der Waals surface area contributed by atoms with Gasteiger partial charge in [0.05, 0.1) is 11.6 Å². The van der Waals surface area contributed by atoms with E-state index < -0.39 is 0 Å². The second-order valence-corrected chi connectivity index (χ2v) is 5.56. The lowest BCUT2D eigenvalue weighted by Gasteiger charge is -2.24. The maximum atomic E-state index is 8.90. The quantitative estimate of drug-likeness (QED) is 0.890. The molecule has 0 fully saturated rings. The average Bonchev–Trinajstić information content (AvgIpc) is 2.81. The van der Waals surface area contributed by atoms with Gasteiger partial charge < -0.3 is 9.88 Å². The number of aromatic nitrogens is 1. The van der Waals surface area contributed by atoms with E-state index in [0.29, 0.717) is 0 Å². The Morgan fingerprint density at radius 1 is 1.32 bits per heavy atom. The van der Waals surface area contributed by atoms with E-state index in [1.54, 1.807) is 0 Å². The summed E-state index contributed by atoms with van der Waals surface area (Å²) in [5.74, 6) is 0. The van der Waals surface area contributed by atoms with Crippen LogP contribution in [0.3, 0.4) is 0 Å². The molecule has 0 unspecified atom stereocenters. The van der Waals surface area contributed by atoms with Gasteiger partial charge in [-0.3, -0.25) is 0 Å². The summed E-state index contributed by atoms with van der Waals surface area (Å²) in [7, 11) is 0. The van der Waals surface area contributed by atoms with E-state index in [-0.39, 0.29) is 5.54 Å². The van der Waals surface area contributed by atoms with Gasteiger partial charge in [0, 0.05) is 35.7 Å². The van der Waals surface area contributed by atoms with Crippen molar-refractivity contribution in [1.82, 2.24) is 9.88 Å². The van der Waals surface area contributed by atoms with Crippen LogP contribution in [-0.4, -0.2) is 16.7 Å². The van der Waals surface area contributed by atoms with Crippen LogP contribution in [0.5, 0.6) is 0 Å². The zero-order chi connectivity index (χ0) is 13.9. The fourth-order valence-corrected chi connectivity index (χ4v) is 2.10. The van der Waals surface area contributed by atoms with Crippen LogP contribution < -0.4 is 5.32 Å². The predicted molar refractivity (Wildman–Crippen MR) is 79.0 cm³/mol. The summed E-state index contributed by atoms with van der Waals surface area (Å²) >= 11 is 0. The minimum absolute atomic E-state index is 0.191. The summed E-state index contributed by atoms with van der Waals surface area (Å²) in [5.41, 5.74) is 2.10. The highest BCUT2D eigenvalue weighted by molar-refractivity contribution is 5.81. The van der Waals surface area contributed by atoms with Crippen LogP contribution in [0.25, 0.3) is 10.9 Å². The van der Waals surface area contributed by atoms with Gasteiger partial charge >= 0.3 is 0 Å². The van der Waals surface area contributed by atoms with Gasteiger partial charge in [0.2, 0.25) is 0 Å². The molecule has 1 aromatic heterocycles. The zero-order valence-electron chi connectivity index (χ0n) is 11.9. The van der Waals surface area contributed by atoms with Crippen molar-refractivity contribution in [3.8, 4) is 6.07 Å². The highest BCUT2D eigenvalue weighted by Gasteiger charge is 2.13. The van der Waals surface area contributed by atoms with Crippen LogP contribution in [-0.2, 0) is 6.54 Å². The minimum Gasteiger partial charge on any atom is -0.346 e. The third-order valence-corrected chi connectivity index (χ3v) is 3.74. The van der Waals surface area contributed by atoms with Gasteiger partial charge in [0.1, 0.15) is 0 Å². The molecule has 0 aliphatic rings. The van der Waals surface area contributed by atoms with Gasteiger partial charge in [0.15, 0.2) is 0 Å². The van der Waals surface area contributed by atoms with Crippen molar-refractivity contribution in [1.29, 1.82) is 5.26 Å². The average molecular weight is 255 g/mol. The highest BCUT2D eigenvalue weighted by Crippen LogP contribution is 2.17. The number of nitriles is 1. The standard InChI is InChI=1S/C16H21N3/c1-4-16(2,3)18-8-10-19-9-7-14-11-13(12-17)5-6-15(14)19/h5-7,9,11,18H,4,8,10H2,1-3H3. The van der Waals surface area contributed by atoms with Gasteiger partial charge in [-0.25, -0.2) is 0 Å². The molecule has 2 rings (SSSR count). The number of fused-ring (bicyclic) bond motifs is 1. The largest absolute Gasteiger partial charge is 0.346 e. The second-order valence-electron chi connectivity index (χ2n) is 5.56. The maximum absolute atomic E-state index is 8.90. The van der Waals surface area contributed by atoms with Crippen molar-refractivity contribution in [2.45, 2.75) is 39.3 Å². The topological polar surface area (TPSA) is 40.8 Å². The first-order valence-corrected chi connectivity index (χ1v) is 6.80. The minimum atomic E-state index is 0.191. The Bertz CT molecular complexity index is 602. The molecule has 0 spiro atoms. The number of benzene rings is 1. The fourth-order valence-electron chi connectivity index (χ4n) is 2.10. The van der Waals surface area contributed by atoms with Crippen LogP contribution in [0.1, 0.15) is 32.8 Å². The van der Waals surface area contributed by atoms with Gasteiger partial charge in [-0.05, 0) is 44.5 Å². The van der Waals surface area contributed by atoms with Crippen molar-refractivity contribution >= 4 is 10.9 Å². The Morgan fingerprint density at radius 2 is 2.11 bits per heavy atom. The molecule has 1 aromatic carbocycles. The summed E-state index contributed by atoms with van der Waals surface area (Å²) in [6.07, 6.45) is 3.21. The lowest BCUT2D eigenvalue weighted by atomic mass is 10.0. The van der Waals surface area contributed by atoms with E-state index in [1.165, 1.54) is 5.52 Å². The van der Waals surface area contributed by atoms with Gasteiger partial charge in [-0.15, -0.1) is 0 Å². The van der Waals surface area contributed by atoms with Crippen LogP contribution in [0.4, 0.5) is 0 Å². The monoisotopic (exact) mass is 255 g/mol. The Hall–Kier alpha value is -1.79. The summed E-state index contributed by atoms with van der Waals surface area (Å²) in [5, 5.41) is 13.6. The van der Waals surface area contributed by atoms with Crippen molar-refractivity contribution in [3.63, 3.8) is 0 Å². The molecule has 0 aliphatic heterocycles. The molecule has 0 atom stereocenters. The van der Waals surface area contributed by atoms with Crippen LogP contribution in [0.15, 0.2) is 30.5 Å². The zero-order valence-corrected chi connectivity index (χ0v) is 11.9. The third-order valence-electron chi connectivity index (χ3n) is 3.74. The van der Waals surface area contributed by atoms with Crippen molar-refractivity contribution in [2.24, 2.45) is 0 Å². The van der Waals surface area contributed by atoms with E-state index >= 15 is 0 Å². The molecule has 19 heavy (non-hydrogen) atoms. The summed E-state index contributed by atoms with van der Waals surface area (Å²) in [4.78, 5) is 0. The van der Waals surface area contributed by atoms with E-state index in [1.807, 2.05) is 18.2 Å². The lowest BCUT2D eigenvalue weighted by molar-refractivity contribution is 0.369. The molecule has 0 saturated heterocycles. The first-order valence-electron chi connectivity index (χ1n) is 6.80. The molecule has 1 heterocycles. The Kier molecular flexibility index (Phi) is 3.92. The normalized spacial score (nSPS) is 11.7. The molecular formula is C16H21N3. The van der Waals surface area contributed by atoms with Crippen LogP contribution in [0.2, 0.25) is 0 Å². The van der Waals surface area contributed by atoms with Gasteiger partial charge in [-0.1, -0.05) is 6.92 Å². The fraction of sp³-hybridized carbons (Fsp3) is 0.438. The number of nitrogens with one attached hydrogen (secondary N) is 1. The van der Waals surface area contributed by atoms with E-state index in [2.05, 4.69) is 49.0 Å². The maximum Gasteiger partial charge on any atom is 0.0991 e. The lowest BCUT2D eigenvalue weighted by Crippen LogP contribution is -2.40. The smallest absolute Gasteiger partial charge is 0.0991 e. The molecule has 0 bridgehead atoms. The Balaban J connectivity index is 2.08. The summed E-state index contributed by atoms with van der Waals surface area (Å²) in [6, 6.07) is 10.1. The Morgan fingerprint density at radius 3 is 2.79 bits per heavy atom. The number of rotatable bonds is 5. The number of hydrogen-bond acceptors (Lipinski definition) is 2.